The van der Waals surface area contributed by atoms with Gasteiger partial charge in [-0.2, -0.15) is 0 Å². The number of carbonyl (C=O) groups excluding carboxylic acids is 1. The van der Waals surface area contributed by atoms with Gasteiger partial charge in [0.1, 0.15) is 6.61 Å². The number of amides is 1. The monoisotopic (exact) mass is 564 g/mol. The zero-order valence-corrected chi connectivity index (χ0v) is 23.7. The second-order valence-electron chi connectivity index (χ2n) is 9.70. The highest BCUT2D eigenvalue weighted by Gasteiger charge is 2.34. The minimum absolute atomic E-state index is 0.133. The third kappa shape index (κ3) is 5.78. The largest absolute Gasteiger partial charge is 0.493 e. The molecule has 8 heteroatoms. The maximum atomic E-state index is 13.7. The summed E-state index contributed by atoms with van der Waals surface area (Å²) in [4.78, 5) is 20.7. The fourth-order valence-corrected chi connectivity index (χ4v) is 5.44. The maximum absolute atomic E-state index is 13.7. The lowest BCUT2D eigenvalue weighted by Crippen LogP contribution is -2.28. The molecule has 0 unspecified atom stereocenters. The first kappa shape index (κ1) is 26.5. The molecule has 0 atom stereocenters. The Labute approximate surface area is 243 Å². The normalized spacial score (nSPS) is 16.1. The van der Waals surface area contributed by atoms with Gasteiger partial charge in [0.05, 0.1) is 23.4 Å². The van der Waals surface area contributed by atoms with Gasteiger partial charge in [-0.05, 0) is 91.3 Å². The number of benzene rings is 4. The van der Waals surface area contributed by atoms with E-state index in [1.54, 1.807) is 12.0 Å². The first-order valence-corrected chi connectivity index (χ1v) is 13.9. The van der Waals surface area contributed by atoms with E-state index in [1.807, 2.05) is 105 Å². The highest BCUT2D eigenvalue weighted by molar-refractivity contribution is 8.19. The van der Waals surface area contributed by atoms with Crippen LogP contribution in [0.15, 0.2) is 94.8 Å². The number of amidine groups is 1. The van der Waals surface area contributed by atoms with Crippen LogP contribution < -0.4 is 23.8 Å². The molecule has 7 nitrogen and oxygen atoms in total. The van der Waals surface area contributed by atoms with E-state index in [1.165, 1.54) is 11.8 Å². The van der Waals surface area contributed by atoms with Crippen molar-refractivity contribution in [3.05, 3.63) is 112 Å². The van der Waals surface area contributed by atoms with Crippen LogP contribution in [0.3, 0.4) is 0 Å². The highest BCUT2D eigenvalue weighted by Crippen LogP contribution is 2.39. The SMILES string of the molecule is COc1cc(/C=C2/SC(=Nc3ccc(C)cc3)N(c3ccc(C)cc3)C2=O)ccc1OCc1ccc2c(c1)OCO2. The summed E-state index contributed by atoms with van der Waals surface area (Å²) in [7, 11) is 1.60. The van der Waals surface area contributed by atoms with Gasteiger partial charge >= 0.3 is 0 Å². The van der Waals surface area contributed by atoms with E-state index in [0.29, 0.717) is 33.9 Å². The zero-order chi connectivity index (χ0) is 28.3. The molecule has 2 aliphatic heterocycles. The number of carbonyl (C=O) groups is 1. The Morgan fingerprint density at radius 3 is 2.37 bits per heavy atom. The van der Waals surface area contributed by atoms with Crippen molar-refractivity contribution in [2.24, 2.45) is 4.99 Å². The van der Waals surface area contributed by atoms with Crippen LogP contribution in [0.25, 0.3) is 6.08 Å². The molecule has 0 N–H and O–H groups in total. The Bertz CT molecular complexity index is 1660. The number of ether oxygens (including phenoxy) is 4. The summed E-state index contributed by atoms with van der Waals surface area (Å²) in [5, 5.41) is 0.601. The highest BCUT2D eigenvalue weighted by atomic mass is 32.2. The van der Waals surface area contributed by atoms with Crippen LogP contribution in [0.2, 0.25) is 0 Å². The number of hydrogen-bond acceptors (Lipinski definition) is 7. The van der Waals surface area contributed by atoms with Gasteiger partial charge in [-0.3, -0.25) is 9.69 Å². The van der Waals surface area contributed by atoms with Gasteiger partial charge in [0, 0.05) is 0 Å². The molecule has 2 aliphatic rings. The molecule has 41 heavy (non-hydrogen) atoms. The third-order valence-electron chi connectivity index (χ3n) is 6.67. The average molecular weight is 565 g/mol. The lowest BCUT2D eigenvalue weighted by Gasteiger charge is -2.16. The van der Waals surface area contributed by atoms with Crippen LogP contribution in [0.5, 0.6) is 23.0 Å². The first-order valence-electron chi connectivity index (χ1n) is 13.1. The lowest BCUT2D eigenvalue weighted by molar-refractivity contribution is -0.113. The molecule has 1 saturated heterocycles. The van der Waals surface area contributed by atoms with Crippen molar-refractivity contribution in [3.63, 3.8) is 0 Å². The van der Waals surface area contributed by atoms with E-state index < -0.39 is 0 Å². The third-order valence-corrected chi connectivity index (χ3v) is 7.64. The molecular formula is C33H28N2O5S. The van der Waals surface area contributed by atoms with Crippen molar-refractivity contribution < 1.29 is 23.7 Å². The Morgan fingerprint density at radius 1 is 0.878 bits per heavy atom. The van der Waals surface area contributed by atoms with E-state index in [0.717, 1.165) is 39.4 Å². The summed E-state index contributed by atoms with van der Waals surface area (Å²) >= 11 is 1.35. The van der Waals surface area contributed by atoms with Crippen LogP contribution in [0.4, 0.5) is 11.4 Å². The Morgan fingerprint density at radius 2 is 1.61 bits per heavy atom. The number of aliphatic imine (C=N–C) groups is 1. The summed E-state index contributed by atoms with van der Waals surface area (Å²) in [5.41, 5.74) is 5.59. The van der Waals surface area contributed by atoms with Crippen LogP contribution in [-0.2, 0) is 11.4 Å². The van der Waals surface area contributed by atoms with E-state index >= 15 is 0 Å². The topological polar surface area (TPSA) is 69.6 Å². The predicted octanol–water partition coefficient (Wildman–Crippen LogP) is 7.43. The average Bonchev–Trinajstić information content (AvgIpc) is 3.57. The minimum atomic E-state index is -0.133. The summed E-state index contributed by atoms with van der Waals surface area (Å²) in [6.45, 7) is 4.62. The van der Waals surface area contributed by atoms with Gasteiger partial charge in [0.25, 0.3) is 5.91 Å². The fourth-order valence-electron chi connectivity index (χ4n) is 4.44. The van der Waals surface area contributed by atoms with Crippen molar-refractivity contribution in [1.29, 1.82) is 0 Å². The molecule has 0 aliphatic carbocycles. The van der Waals surface area contributed by atoms with Crippen LogP contribution in [-0.4, -0.2) is 25.0 Å². The first-order chi connectivity index (χ1) is 20.0. The van der Waals surface area contributed by atoms with Gasteiger partial charge in [0.2, 0.25) is 6.79 Å². The van der Waals surface area contributed by atoms with Gasteiger partial charge in [0.15, 0.2) is 28.2 Å². The quantitative estimate of drug-likeness (QED) is 0.218. The van der Waals surface area contributed by atoms with Crippen molar-refractivity contribution in [3.8, 4) is 23.0 Å². The standard InChI is InChI=1S/C33H28N2O5S/c1-21-4-10-25(11-5-21)34-33-35(26-12-6-22(2)7-13-26)32(36)31(41-33)18-23-8-14-27(29(16-23)37-3)38-19-24-9-15-28-30(17-24)40-20-39-28/h4-18H,19-20H2,1-3H3/b31-18+,34-33?. The van der Waals surface area contributed by atoms with Gasteiger partial charge in [-0.25, -0.2) is 4.99 Å². The lowest BCUT2D eigenvalue weighted by atomic mass is 10.1. The summed E-state index contributed by atoms with van der Waals surface area (Å²) in [5.74, 6) is 2.48. The number of nitrogens with zero attached hydrogens (tertiary/aromatic N) is 2. The molecule has 4 aromatic rings. The predicted molar refractivity (Wildman–Crippen MR) is 162 cm³/mol. The van der Waals surface area contributed by atoms with Gasteiger partial charge in [-0.1, -0.05) is 47.5 Å². The molecule has 206 valence electrons. The van der Waals surface area contributed by atoms with Crippen molar-refractivity contribution in [1.82, 2.24) is 0 Å². The molecule has 6 rings (SSSR count). The molecule has 0 aromatic heterocycles. The molecule has 4 aromatic carbocycles. The molecule has 1 fully saturated rings. The molecule has 0 bridgehead atoms. The van der Waals surface area contributed by atoms with Gasteiger partial charge in [-0.15, -0.1) is 0 Å². The Hall–Kier alpha value is -4.69. The minimum Gasteiger partial charge on any atom is -0.493 e. The second-order valence-corrected chi connectivity index (χ2v) is 10.7. The van der Waals surface area contributed by atoms with Crippen molar-refractivity contribution in [2.45, 2.75) is 20.5 Å². The molecule has 0 spiro atoms. The number of rotatable bonds is 7. The number of methoxy groups -OCH3 is 1. The summed E-state index contributed by atoms with van der Waals surface area (Å²) in [6, 6.07) is 27.1. The molecule has 0 radical (unpaired) electrons. The summed E-state index contributed by atoms with van der Waals surface area (Å²) < 4.78 is 22.5. The number of hydrogen-bond donors (Lipinski definition) is 0. The smallest absolute Gasteiger partial charge is 0.271 e. The number of aryl methyl sites for hydroxylation is 2. The second kappa shape index (κ2) is 11.4. The fraction of sp³-hybridized carbons (Fsp3) is 0.152. The summed E-state index contributed by atoms with van der Waals surface area (Å²) in [6.07, 6.45) is 1.86. The number of anilines is 1. The van der Waals surface area contributed by atoms with Gasteiger partial charge < -0.3 is 18.9 Å². The van der Waals surface area contributed by atoms with E-state index in [9.17, 15) is 4.79 Å². The maximum Gasteiger partial charge on any atom is 0.271 e. The van der Waals surface area contributed by atoms with E-state index in [2.05, 4.69) is 0 Å². The number of thioether (sulfide) groups is 1. The van der Waals surface area contributed by atoms with E-state index in [4.69, 9.17) is 23.9 Å². The molecule has 2 heterocycles. The van der Waals surface area contributed by atoms with Crippen LogP contribution in [0, 0.1) is 13.8 Å². The molecular weight excluding hydrogens is 536 g/mol. The molecule has 0 saturated carbocycles. The van der Waals surface area contributed by atoms with Crippen molar-refractivity contribution >= 4 is 40.3 Å². The Balaban J connectivity index is 1.26. The van der Waals surface area contributed by atoms with E-state index in [-0.39, 0.29) is 12.7 Å². The van der Waals surface area contributed by atoms with Crippen LogP contribution >= 0.6 is 11.8 Å². The van der Waals surface area contributed by atoms with Crippen LogP contribution in [0.1, 0.15) is 22.3 Å². The van der Waals surface area contributed by atoms with Crippen molar-refractivity contribution in [2.75, 3.05) is 18.8 Å². The number of fused-ring (bicyclic) bond motifs is 1. The Kier molecular flexibility index (Phi) is 7.39. The molecule has 1 amide bonds. The zero-order valence-electron chi connectivity index (χ0n) is 22.9.